The van der Waals surface area contributed by atoms with Crippen LogP contribution in [0.4, 0.5) is 0 Å². The lowest BCUT2D eigenvalue weighted by molar-refractivity contribution is -0.149. The van der Waals surface area contributed by atoms with E-state index in [-0.39, 0.29) is 18.4 Å². The predicted molar refractivity (Wildman–Crippen MR) is 78.2 cm³/mol. The Morgan fingerprint density at radius 3 is 2.60 bits per heavy atom. The van der Waals surface area contributed by atoms with Gasteiger partial charge in [-0.2, -0.15) is 0 Å². The van der Waals surface area contributed by atoms with Crippen molar-refractivity contribution in [3.05, 3.63) is 35.9 Å². The number of piperazine rings is 1. The Labute approximate surface area is 120 Å². The van der Waals surface area contributed by atoms with Crippen LogP contribution in [0.1, 0.15) is 32.3 Å². The second-order valence-corrected chi connectivity index (χ2v) is 5.55. The van der Waals surface area contributed by atoms with Gasteiger partial charge >= 0.3 is 0 Å². The van der Waals surface area contributed by atoms with E-state index in [1.807, 2.05) is 25.1 Å². The maximum atomic E-state index is 12.4. The minimum Gasteiger partial charge on any atom is -0.340 e. The van der Waals surface area contributed by atoms with Crippen molar-refractivity contribution in [2.24, 2.45) is 0 Å². The van der Waals surface area contributed by atoms with Crippen molar-refractivity contribution >= 4 is 11.8 Å². The van der Waals surface area contributed by atoms with Crippen LogP contribution in [-0.4, -0.2) is 35.3 Å². The van der Waals surface area contributed by atoms with Crippen LogP contribution in [-0.2, 0) is 16.0 Å². The minimum atomic E-state index is -0.734. The van der Waals surface area contributed by atoms with Gasteiger partial charge in [-0.3, -0.25) is 9.59 Å². The van der Waals surface area contributed by atoms with E-state index in [4.69, 9.17) is 0 Å². The number of aryl methyl sites for hydroxylation is 1. The quantitative estimate of drug-likeness (QED) is 0.889. The summed E-state index contributed by atoms with van der Waals surface area (Å²) in [5.41, 5.74) is 0.530. The smallest absolute Gasteiger partial charge is 0.248 e. The first-order valence-corrected chi connectivity index (χ1v) is 7.19. The molecule has 1 aromatic carbocycles. The molecule has 0 spiro atoms. The van der Waals surface area contributed by atoms with Crippen molar-refractivity contribution in [2.75, 3.05) is 13.1 Å². The maximum absolute atomic E-state index is 12.4. The molecule has 108 valence electrons. The summed E-state index contributed by atoms with van der Waals surface area (Å²) in [6, 6.07) is 10.2. The average molecular weight is 274 g/mol. The molecular formula is C16H22N2O2. The molecule has 0 saturated carbocycles. The standard InChI is InChI=1S/C16H22N2O2/c1-3-16(2)15(20)18(12-14(19)17-16)11-7-10-13-8-5-4-6-9-13/h4-6,8-9H,3,7,10-12H2,1-2H3,(H,17,19). The molecule has 2 rings (SSSR count). The number of hydrogen-bond acceptors (Lipinski definition) is 2. The van der Waals surface area contributed by atoms with Crippen LogP contribution in [0.15, 0.2) is 30.3 Å². The highest BCUT2D eigenvalue weighted by atomic mass is 16.2. The Morgan fingerprint density at radius 1 is 1.25 bits per heavy atom. The first-order valence-electron chi connectivity index (χ1n) is 7.19. The molecule has 1 heterocycles. The number of benzene rings is 1. The summed E-state index contributed by atoms with van der Waals surface area (Å²) in [7, 11) is 0. The summed E-state index contributed by atoms with van der Waals surface area (Å²) in [6.07, 6.45) is 2.42. The van der Waals surface area contributed by atoms with Gasteiger partial charge in [-0.25, -0.2) is 0 Å². The third-order valence-electron chi connectivity index (χ3n) is 3.95. The lowest BCUT2D eigenvalue weighted by Gasteiger charge is -2.39. The van der Waals surface area contributed by atoms with Crippen molar-refractivity contribution in [2.45, 2.75) is 38.6 Å². The second kappa shape index (κ2) is 6.07. The van der Waals surface area contributed by atoms with Crippen LogP contribution in [0.25, 0.3) is 0 Å². The molecule has 0 aromatic heterocycles. The van der Waals surface area contributed by atoms with Gasteiger partial charge in [-0.05, 0) is 31.7 Å². The Hall–Kier alpha value is -1.84. The average Bonchev–Trinajstić information content (AvgIpc) is 2.45. The molecule has 1 aliphatic rings. The zero-order chi connectivity index (χ0) is 14.6. The number of carbonyl (C=O) groups excluding carboxylic acids is 2. The highest BCUT2D eigenvalue weighted by Gasteiger charge is 2.41. The fraction of sp³-hybridized carbons (Fsp3) is 0.500. The van der Waals surface area contributed by atoms with Gasteiger partial charge in [0.2, 0.25) is 11.8 Å². The summed E-state index contributed by atoms with van der Waals surface area (Å²) < 4.78 is 0. The number of nitrogens with zero attached hydrogens (tertiary/aromatic N) is 1. The summed E-state index contributed by atoms with van der Waals surface area (Å²) in [5, 5.41) is 2.80. The van der Waals surface area contributed by atoms with E-state index in [1.54, 1.807) is 11.8 Å². The van der Waals surface area contributed by atoms with E-state index in [9.17, 15) is 9.59 Å². The lowest BCUT2D eigenvalue weighted by atomic mass is 9.94. The normalized spacial score (nSPS) is 22.8. The van der Waals surface area contributed by atoms with Gasteiger partial charge in [0, 0.05) is 6.54 Å². The molecule has 0 radical (unpaired) electrons. The second-order valence-electron chi connectivity index (χ2n) is 5.55. The highest BCUT2D eigenvalue weighted by molar-refractivity contribution is 5.97. The third kappa shape index (κ3) is 3.18. The Bertz CT molecular complexity index is 487. The zero-order valence-electron chi connectivity index (χ0n) is 12.2. The summed E-state index contributed by atoms with van der Waals surface area (Å²) in [5.74, 6) is -0.0266. The van der Waals surface area contributed by atoms with Gasteiger partial charge in [-0.15, -0.1) is 0 Å². The van der Waals surface area contributed by atoms with E-state index in [0.29, 0.717) is 13.0 Å². The molecule has 1 atom stereocenters. The van der Waals surface area contributed by atoms with Crippen molar-refractivity contribution in [1.82, 2.24) is 10.2 Å². The van der Waals surface area contributed by atoms with Crippen molar-refractivity contribution in [3.8, 4) is 0 Å². The number of carbonyl (C=O) groups is 2. The van der Waals surface area contributed by atoms with Crippen LogP contribution in [0.3, 0.4) is 0 Å². The highest BCUT2D eigenvalue weighted by Crippen LogP contribution is 2.18. The molecule has 1 saturated heterocycles. The van der Waals surface area contributed by atoms with Gasteiger partial charge in [0.1, 0.15) is 5.54 Å². The number of amides is 2. The molecule has 1 aliphatic heterocycles. The zero-order valence-corrected chi connectivity index (χ0v) is 12.2. The third-order valence-corrected chi connectivity index (χ3v) is 3.95. The summed E-state index contributed by atoms with van der Waals surface area (Å²) >= 11 is 0. The van der Waals surface area contributed by atoms with Gasteiger partial charge in [0.15, 0.2) is 0 Å². The van der Waals surface area contributed by atoms with Gasteiger partial charge in [0.05, 0.1) is 6.54 Å². The van der Waals surface area contributed by atoms with Crippen LogP contribution in [0.2, 0.25) is 0 Å². The Balaban J connectivity index is 1.91. The minimum absolute atomic E-state index is 0.0349. The topological polar surface area (TPSA) is 49.4 Å². The van der Waals surface area contributed by atoms with Crippen molar-refractivity contribution in [1.29, 1.82) is 0 Å². The van der Waals surface area contributed by atoms with Crippen LogP contribution in [0.5, 0.6) is 0 Å². The largest absolute Gasteiger partial charge is 0.340 e. The SMILES string of the molecule is CCC1(C)NC(=O)CN(CCCc2ccccc2)C1=O. The first kappa shape index (κ1) is 14.6. The Kier molecular flexibility index (Phi) is 4.42. The maximum Gasteiger partial charge on any atom is 0.248 e. The predicted octanol–water partition coefficient (Wildman–Crippen LogP) is 1.75. The van der Waals surface area contributed by atoms with Gasteiger partial charge < -0.3 is 10.2 Å². The molecule has 2 amide bonds. The van der Waals surface area contributed by atoms with Crippen molar-refractivity contribution in [3.63, 3.8) is 0 Å². The molecular weight excluding hydrogens is 252 g/mol. The molecule has 1 aromatic rings. The van der Waals surface area contributed by atoms with Crippen LogP contribution in [0, 0.1) is 0 Å². The van der Waals surface area contributed by atoms with E-state index < -0.39 is 5.54 Å². The monoisotopic (exact) mass is 274 g/mol. The van der Waals surface area contributed by atoms with Crippen molar-refractivity contribution < 1.29 is 9.59 Å². The van der Waals surface area contributed by atoms with Gasteiger partial charge in [0.25, 0.3) is 0 Å². The van der Waals surface area contributed by atoms with E-state index in [1.165, 1.54) is 5.56 Å². The Morgan fingerprint density at radius 2 is 1.95 bits per heavy atom. The molecule has 1 unspecified atom stereocenters. The molecule has 4 nitrogen and oxygen atoms in total. The van der Waals surface area contributed by atoms with Crippen LogP contribution < -0.4 is 5.32 Å². The molecule has 20 heavy (non-hydrogen) atoms. The summed E-state index contributed by atoms with van der Waals surface area (Å²) in [6.45, 7) is 4.54. The molecule has 1 fully saturated rings. The number of nitrogens with one attached hydrogen (secondary N) is 1. The van der Waals surface area contributed by atoms with Gasteiger partial charge in [-0.1, -0.05) is 37.3 Å². The van der Waals surface area contributed by atoms with Crippen LogP contribution >= 0.6 is 0 Å². The van der Waals surface area contributed by atoms with E-state index in [2.05, 4.69) is 17.4 Å². The van der Waals surface area contributed by atoms with E-state index >= 15 is 0 Å². The fourth-order valence-corrected chi connectivity index (χ4v) is 2.53. The first-order chi connectivity index (χ1) is 9.55. The van der Waals surface area contributed by atoms with E-state index in [0.717, 1.165) is 12.8 Å². The number of rotatable bonds is 5. The molecule has 4 heteroatoms. The molecule has 0 bridgehead atoms. The molecule has 0 aliphatic carbocycles. The fourth-order valence-electron chi connectivity index (χ4n) is 2.53. The lowest BCUT2D eigenvalue weighted by Crippen LogP contribution is -2.65. The number of hydrogen-bond donors (Lipinski definition) is 1. The molecule has 1 N–H and O–H groups in total. The summed E-state index contributed by atoms with van der Waals surface area (Å²) in [4.78, 5) is 25.8.